The minimum Gasteiger partial charge on any atom is -0.497 e. The topological polar surface area (TPSA) is 30.5 Å². The molecular weight excluding hydrogens is 214 g/mol. The van der Waals surface area contributed by atoms with Gasteiger partial charge < -0.3 is 14.8 Å². The maximum Gasteiger partial charge on any atom is 0.122 e. The molecule has 2 unspecified atom stereocenters. The lowest BCUT2D eigenvalue weighted by Gasteiger charge is -2.09. The number of nitrogens with one attached hydrogen (secondary N) is 1. The molecule has 94 valence electrons. The Bertz CT molecular complexity index is 392. The summed E-state index contributed by atoms with van der Waals surface area (Å²) >= 11 is 0. The Morgan fingerprint density at radius 1 is 1.06 bits per heavy atom. The van der Waals surface area contributed by atoms with Crippen LogP contribution < -0.4 is 14.8 Å². The Kier molecular flexibility index (Phi) is 3.04. The summed E-state index contributed by atoms with van der Waals surface area (Å²) in [5.74, 6) is 2.24. The number of hydrogen-bond acceptors (Lipinski definition) is 3. The quantitative estimate of drug-likeness (QED) is 0.869. The van der Waals surface area contributed by atoms with Crippen molar-refractivity contribution >= 4 is 0 Å². The molecule has 17 heavy (non-hydrogen) atoms. The molecule has 0 bridgehead atoms. The molecule has 3 nitrogen and oxygen atoms in total. The smallest absolute Gasteiger partial charge is 0.122 e. The second-order valence-corrected chi connectivity index (χ2v) is 5.21. The zero-order valence-electron chi connectivity index (χ0n) is 11.2. The largest absolute Gasteiger partial charge is 0.497 e. The predicted molar refractivity (Wildman–Crippen MR) is 68.9 cm³/mol. The SMILES string of the molecule is CNC1C(c2cc(OC)cc(OC)c2)C1(C)C. The van der Waals surface area contributed by atoms with E-state index in [4.69, 9.17) is 9.47 Å². The lowest BCUT2D eigenvalue weighted by atomic mass is 10.0. The van der Waals surface area contributed by atoms with Gasteiger partial charge in [0.05, 0.1) is 14.2 Å². The monoisotopic (exact) mass is 235 g/mol. The molecule has 2 atom stereocenters. The zero-order chi connectivity index (χ0) is 12.6. The average molecular weight is 235 g/mol. The third kappa shape index (κ3) is 2.00. The molecule has 0 radical (unpaired) electrons. The number of likely N-dealkylation sites (N-methyl/N-ethyl adjacent to an activating group) is 1. The van der Waals surface area contributed by atoms with Crippen LogP contribution in [0.3, 0.4) is 0 Å². The van der Waals surface area contributed by atoms with Gasteiger partial charge in [-0.2, -0.15) is 0 Å². The van der Waals surface area contributed by atoms with Gasteiger partial charge in [-0.25, -0.2) is 0 Å². The van der Waals surface area contributed by atoms with Crippen LogP contribution in [0.25, 0.3) is 0 Å². The first kappa shape index (κ1) is 12.2. The van der Waals surface area contributed by atoms with Gasteiger partial charge in [0.2, 0.25) is 0 Å². The first-order valence-corrected chi connectivity index (χ1v) is 5.94. The van der Waals surface area contributed by atoms with E-state index in [0.29, 0.717) is 17.4 Å². The lowest BCUT2D eigenvalue weighted by molar-refractivity contribution is 0.393. The fraction of sp³-hybridized carbons (Fsp3) is 0.571. The van der Waals surface area contributed by atoms with E-state index in [1.165, 1.54) is 5.56 Å². The van der Waals surface area contributed by atoms with Gasteiger partial charge in [-0.15, -0.1) is 0 Å². The van der Waals surface area contributed by atoms with Crippen molar-refractivity contribution in [3.05, 3.63) is 23.8 Å². The Balaban J connectivity index is 2.33. The first-order chi connectivity index (χ1) is 8.04. The molecule has 2 rings (SSSR count). The highest BCUT2D eigenvalue weighted by molar-refractivity contribution is 5.45. The van der Waals surface area contributed by atoms with E-state index in [2.05, 4.69) is 31.3 Å². The van der Waals surface area contributed by atoms with Crippen molar-refractivity contribution in [1.82, 2.24) is 5.32 Å². The van der Waals surface area contributed by atoms with Crippen LogP contribution in [0.1, 0.15) is 25.3 Å². The van der Waals surface area contributed by atoms with E-state index < -0.39 is 0 Å². The van der Waals surface area contributed by atoms with Crippen LogP contribution in [-0.2, 0) is 0 Å². The lowest BCUT2D eigenvalue weighted by Crippen LogP contribution is -2.14. The van der Waals surface area contributed by atoms with Gasteiger partial charge in [0.15, 0.2) is 0 Å². The summed E-state index contributed by atoms with van der Waals surface area (Å²) in [6, 6.07) is 6.64. The minimum absolute atomic E-state index is 0.298. The van der Waals surface area contributed by atoms with Crippen LogP contribution in [0.15, 0.2) is 18.2 Å². The number of rotatable bonds is 4. The van der Waals surface area contributed by atoms with Crippen molar-refractivity contribution in [2.75, 3.05) is 21.3 Å². The van der Waals surface area contributed by atoms with Gasteiger partial charge in [-0.05, 0) is 30.2 Å². The predicted octanol–water partition coefficient (Wildman–Crippen LogP) is 2.42. The summed E-state index contributed by atoms with van der Waals surface area (Å²) < 4.78 is 10.6. The fourth-order valence-electron chi connectivity index (χ4n) is 2.81. The molecular formula is C14H21NO2. The summed E-state index contributed by atoms with van der Waals surface area (Å²) in [4.78, 5) is 0. The standard InChI is InChI=1S/C14H21NO2/c1-14(2)12(13(14)15-3)9-6-10(16-4)8-11(7-9)17-5/h6-8,12-13,15H,1-5H3. The van der Waals surface area contributed by atoms with E-state index >= 15 is 0 Å². The van der Waals surface area contributed by atoms with Crippen LogP contribution in [0.5, 0.6) is 11.5 Å². The number of ether oxygens (including phenoxy) is 2. The highest BCUT2D eigenvalue weighted by Crippen LogP contribution is 2.59. The molecule has 0 saturated heterocycles. The minimum atomic E-state index is 0.298. The van der Waals surface area contributed by atoms with Crippen LogP contribution in [0.2, 0.25) is 0 Å². The molecule has 1 aromatic rings. The van der Waals surface area contributed by atoms with Crippen molar-refractivity contribution < 1.29 is 9.47 Å². The van der Waals surface area contributed by atoms with Gasteiger partial charge >= 0.3 is 0 Å². The molecule has 1 aliphatic carbocycles. The molecule has 3 heteroatoms. The normalized spacial score (nSPS) is 25.5. The number of benzene rings is 1. The zero-order valence-corrected chi connectivity index (χ0v) is 11.2. The molecule has 0 aromatic heterocycles. The fourth-order valence-corrected chi connectivity index (χ4v) is 2.81. The Morgan fingerprint density at radius 3 is 1.94 bits per heavy atom. The molecule has 0 aliphatic heterocycles. The van der Waals surface area contributed by atoms with E-state index in [9.17, 15) is 0 Å². The maximum absolute atomic E-state index is 5.31. The van der Waals surface area contributed by atoms with Crippen LogP contribution in [-0.4, -0.2) is 27.3 Å². The second kappa shape index (κ2) is 4.22. The second-order valence-electron chi connectivity index (χ2n) is 5.21. The molecule has 1 saturated carbocycles. The third-order valence-corrected chi connectivity index (χ3v) is 3.87. The molecule has 1 aliphatic rings. The summed E-state index contributed by atoms with van der Waals surface area (Å²) in [5.41, 5.74) is 1.58. The number of methoxy groups -OCH3 is 2. The Morgan fingerprint density at radius 2 is 1.59 bits per heavy atom. The van der Waals surface area contributed by atoms with Crippen LogP contribution in [0, 0.1) is 5.41 Å². The van der Waals surface area contributed by atoms with Crippen LogP contribution in [0.4, 0.5) is 0 Å². The summed E-state index contributed by atoms with van der Waals surface area (Å²) in [6.45, 7) is 4.57. The van der Waals surface area contributed by atoms with Gasteiger partial charge in [-0.1, -0.05) is 13.8 Å². The summed E-state index contributed by atoms with van der Waals surface area (Å²) in [5, 5.41) is 3.37. The van der Waals surface area contributed by atoms with Gasteiger partial charge in [0, 0.05) is 18.0 Å². The Labute approximate surface area is 103 Å². The summed E-state index contributed by atoms with van der Waals surface area (Å²) in [7, 11) is 5.39. The van der Waals surface area contributed by atoms with Gasteiger partial charge in [0.1, 0.15) is 11.5 Å². The van der Waals surface area contributed by atoms with E-state index in [0.717, 1.165) is 11.5 Å². The first-order valence-electron chi connectivity index (χ1n) is 5.94. The molecule has 0 spiro atoms. The molecule has 1 fully saturated rings. The van der Waals surface area contributed by atoms with Crippen molar-refractivity contribution in [1.29, 1.82) is 0 Å². The van der Waals surface area contributed by atoms with Gasteiger partial charge in [-0.3, -0.25) is 0 Å². The Hall–Kier alpha value is -1.22. The average Bonchev–Trinajstić information content (AvgIpc) is 2.90. The van der Waals surface area contributed by atoms with Crippen molar-refractivity contribution in [2.45, 2.75) is 25.8 Å². The van der Waals surface area contributed by atoms with Crippen LogP contribution >= 0.6 is 0 Å². The molecule has 1 N–H and O–H groups in total. The highest BCUT2D eigenvalue weighted by atomic mass is 16.5. The van der Waals surface area contributed by atoms with E-state index in [1.807, 2.05) is 13.1 Å². The van der Waals surface area contributed by atoms with Crippen molar-refractivity contribution in [3.8, 4) is 11.5 Å². The molecule has 1 aromatic carbocycles. The van der Waals surface area contributed by atoms with E-state index in [-0.39, 0.29) is 0 Å². The summed E-state index contributed by atoms with van der Waals surface area (Å²) in [6.07, 6.45) is 0. The molecule has 0 heterocycles. The maximum atomic E-state index is 5.31. The number of hydrogen-bond donors (Lipinski definition) is 1. The van der Waals surface area contributed by atoms with Gasteiger partial charge in [0.25, 0.3) is 0 Å². The third-order valence-electron chi connectivity index (χ3n) is 3.87. The van der Waals surface area contributed by atoms with Crippen molar-refractivity contribution in [3.63, 3.8) is 0 Å². The molecule has 0 amide bonds. The van der Waals surface area contributed by atoms with E-state index in [1.54, 1.807) is 14.2 Å². The highest BCUT2D eigenvalue weighted by Gasteiger charge is 2.57. The van der Waals surface area contributed by atoms with Crippen molar-refractivity contribution in [2.24, 2.45) is 5.41 Å².